The Morgan fingerprint density at radius 2 is 2.17 bits per heavy atom. The second kappa shape index (κ2) is 8.17. The van der Waals surface area contributed by atoms with Crippen LogP contribution in [0, 0.1) is 0 Å². The molecule has 2 N–H and O–H groups in total. The molecule has 0 spiro atoms. The Morgan fingerprint density at radius 3 is 2.87 bits per heavy atom. The number of hydrogen-bond acceptors (Lipinski definition) is 4. The van der Waals surface area contributed by atoms with E-state index in [1.165, 1.54) is 5.56 Å². The SMILES string of the molecule is O=C(CC1CSCCN1)NCc1ccc(Cn2cccn2)cc1. The van der Waals surface area contributed by atoms with Gasteiger partial charge in [-0.2, -0.15) is 16.9 Å². The summed E-state index contributed by atoms with van der Waals surface area (Å²) in [6.45, 7) is 2.35. The fourth-order valence-corrected chi connectivity index (χ4v) is 3.54. The van der Waals surface area contributed by atoms with E-state index >= 15 is 0 Å². The predicted molar refractivity (Wildman–Crippen MR) is 93.4 cm³/mol. The van der Waals surface area contributed by atoms with Crippen LogP contribution in [0.25, 0.3) is 0 Å². The summed E-state index contributed by atoms with van der Waals surface area (Å²) in [4.78, 5) is 12.0. The van der Waals surface area contributed by atoms with Crippen LogP contribution in [0.2, 0.25) is 0 Å². The van der Waals surface area contributed by atoms with Crippen molar-refractivity contribution < 1.29 is 4.79 Å². The highest BCUT2D eigenvalue weighted by Gasteiger charge is 2.16. The second-order valence-electron chi connectivity index (χ2n) is 5.73. The molecule has 1 fully saturated rings. The summed E-state index contributed by atoms with van der Waals surface area (Å²) in [7, 11) is 0. The molecule has 0 bridgehead atoms. The number of nitrogens with one attached hydrogen (secondary N) is 2. The van der Waals surface area contributed by atoms with E-state index in [0.29, 0.717) is 19.0 Å². The van der Waals surface area contributed by atoms with Gasteiger partial charge in [-0.15, -0.1) is 0 Å². The van der Waals surface area contributed by atoms with E-state index in [1.807, 2.05) is 28.7 Å². The van der Waals surface area contributed by atoms with Crippen molar-refractivity contribution in [1.82, 2.24) is 20.4 Å². The molecule has 2 heterocycles. The van der Waals surface area contributed by atoms with Crippen LogP contribution in [0.5, 0.6) is 0 Å². The molecule has 0 aliphatic carbocycles. The lowest BCUT2D eigenvalue weighted by Gasteiger charge is -2.22. The molecule has 1 atom stereocenters. The minimum absolute atomic E-state index is 0.116. The standard InChI is InChI=1S/C17H22N4OS/c22-17(10-16-13-23-9-7-18-16)19-11-14-2-4-15(5-3-14)12-21-8-1-6-20-21/h1-6,8,16,18H,7,9-13H2,(H,19,22). The van der Waals surface area contributed by atoms with Crippen molar-refractivity contribution >= 4 is 17.7 Å². The summed E-state index contributed by atoms with van der Waals surface area (Å²) >= 11 is 1.91. The normalized spacial score (nSPS) is 17.8. The number of thioether (sulfide) groups is 1. The monoisotopic (exact) mass is 330 g/mol. The Kier molecular flexibility index (Phi) is 5.71. The van der Waals surface area contributed by atoms with Crippen molar-refractivity contribution in [3.05, 3.63) is 53.9 Å². The highest BCUT2D eigenvalue weighted by atomic mass is 32.2. The lowest BCUT2D eigenvalue weighted by molar-refractivity contribution is -0.121. The average molecular weight is 330 g/mol. The van der Waals surface area contributed by atoms with Gasteiger partial charge < -0.3 is 10.6 Å². The molecule has 1 aliphatic heterocycles. The van der Waals surface area contributed by atoms with E-state index < -0.39 is 0 Å². The molecule has 122 valence electrons. The van der Waals surface area contributed by atoms with Crippen molar-refractivity contribution in [2.45, 2.75) is 25.6 Å². The lowest BCUT2D eigenvalue weighted by Crippen LogP contribution is -2.41. The smallest absolute Gasteiger partial charge is 0.221 e. The number of aromatic nitrogens is 2. The number of carbonyl (C=O) groups excluding carboxylic acids is 1. The molecule has 1 aliphatic rings. The van der Waals surface area contributed by atoms with E-state index in [0.717, 1.165) is 30.2 Å². The van der Waals surface area contributed by atoms with Gasteiger partial charge in [0.25, 0.3) is 0 Å². The Bertz CT molecular complexity index is 606. The molecule has 23 heavy (non-hydrogen) atoms. The van der Waals surface area contributed by atoms with Crippen molar-refractivity contribution in [1.29, 1.82) is 0 Å². The van der Waals surface area contributed by atoms with Crippen LogP contribution in [0.15, 0.2) is 42.7 Å². The molecular weight excluding hydrogens is 308 g/mol. The molecule has 5 nitrogen and oxygen atoms in total. The van der Waals surface area contributed by atoms with Gasteiger partial charge in [-0.25, -0.2) is 0 Å². The fraction of sp³-hybridized carbons (Fsp3) is 0.412. The van der Waals surface area contributed by atoms with Crippen LogP contribution < -0.4 is 10.6 Å². The Morgan fingerprint density at radius 1 is 1.35 bits per heavy atom. The van der Waals surface area contributed by atoms with Gasteiger partial charge in [0.05, 0.1) is 6.54 Å². The molecule has 1 aromatic carbocycles. The van der Waals surface area contributed by atoms with Crippen LogP contribution in [0.3, 0.4) is 0 Å². The largest absolute Gasteiger partial charge is 0.352 e. The number of amides is 1. The molecule has 1 amide bonds. The molecule has 1 unspecified atom stereocenters. The van der Waals surface area contributed by atoms with Crippen molar-refractivity contribution in [3.63, 3.8) is 0 Å². The van der Waals surface area contributed by atoms with Gasteiger partial charge in [-0.3, -0.25) is 9.48 Å². The highest BCUT2D eigenvalue weighted by Crippen LogP contribution is 2.10. The summed E-state index contributed by atoms with van der Waals surface area (Å²) in [5, 5.41) is 10.6. The summed E-state index contributed by atoms with van der Waals surface area (Å²) in [6, 6.07) is 10.5. The maximum absolute atomic E-state index is 12.0. The summed E-state index contributed by atoms with van der Waals surface area (Å²) in [6.07, 6.45) is 4.29. The lowest BCUT2D eigenvalue weighted by atomic mass is 10.1. The second-order valence-corrected chi connectivity index (χ2v) is 6.88. The van der Waals surface area contributed by atoms with Gasteiger partial charge in [0.1, 0.15) is 0 Å². The molecular formula is C17H22N4OS. The van der Waals surface area contributed by atoms with Gasteiger partial charge in [0.15, 0.2) is 0 Å². The van der Waals surface area contributed by atoms with E-state index in [-0.39, 0.29) is 5.91 Å². The molecule has 0 saturated carbocycles. The third-order valence-corrected chi connectivity index (χ3v) is 4.98. The van der Waals surface area contributed by atoms with Crippen molar-refractivity contribution in [2.24, 2.45) is 0 Å². The third-order valence-electron chi connectivity index (χ3n) is 3.85. The Labute approximate surface area is 140 Å². The van der Waals surface area contributed by atoms with Crippen molar-refractivity contribution in [2.75, 3.05) is 18.1 Å². The predicted octanol–water partition coefficient (Wildman–Crippen LogP) is 1.64. The maximum Gasteiger partial charge on any atom is 0.221 e. The molecule has 6 heteroatoms. The number of nitrogens with zero attached hydrogens (tertiary/aromatic N) is 2. The minimum Gasteiger partial charge on any atom is -0.352 e. The average Bonchev–Trinajstić information content (AvgIpc) is 3.08. The molecule has 1 saturated heterocycles. The first-order chi connectivity index (χ1) is 11.3. The van der Waals surface area contributed by atoms with Crippen LogP contribution in [0.4, 0.5) is 0 Å². The van der Waals surface area contributed by atoms with E-state index in [1.54, 1.807) is 6.20 Å². The van der Waals surface area contributed by atoms with Crippen LogP contribution in [0.1, 0.15) is 17.5 Å². The zero-order chi connectivity index (χ0) is 15.9. The topological polar surface area (TPSA) is 59.0 Å². The zero-order valence-corrected chi connectivity index (χ0v) is 13.9. The van der Waals surface area contributed by atoms with Gasteiger partial charge in [-0.1, -0.05) is 24.3 Å². The first kappa shape index (κ1) is 16.1. The summed E-state index contributed by atoms with van der Waals surface area (Å²) in [5.74, 6) is 2.28. The fourth-order valence-electron chi connectivity index (χ4n) is 2.59. The summed E-state index contributed by atoms with van der Waals surface area (Å²) < 4.78 is 1.89. The van der Waals surface area contributed by atoms with Crippen LogP contribution >= 0.6 is 11.8 Å². The van der Waals surface area contributed by atoms with Crippen LogP contribution in [-0.4, -0.2) is 39.8 Å². The zero-order valence-electron chi connectivity index (χ0n) is 13.1. The van der Waals surface area contributed by atoms with Crippen molar-refractivity contribution in [3.8, 4) is 0 Å². The summed E-state index contributed by atoms with van der Waals surface area (Å²) in [5.41, 5.74) is 2.32. The number of rotatable bonds is 6. The maximum atomic E-state index is 12.0. The molecule has 2 aromatic rings. The van der Waals surface area contributed by atoms with E-state index in [9.17, 15) is 4.79 Å². The van der Waals surface area contributed by atoms with Gasteiger partial charge in [0.2, 0.25) is 5.91 Å². The Hall–Kier alpha value is -1.79. The molecule has 1 aromatic heterocycles. The van der Waals surface area contributed by atoms with Crippen LogP contribution in [-0.2, 0) is 17.9 Å². The minimum atomic E-state index is 0.116. The molecule has 3 rings (SSSR count). The van der Waals surface area contributed by atoms with Gasteiger partial charge in [-0.05, 0) is 17.2 Å². The number of hydrogen-bond donors (Lipinski definition) is 2. The number of carbonyl (C=O) groups is 1. The first-order valence-corrected chi connectivity index (χ1v) is 9.08. The van der Waals surface area contributed by atoms with E-state index in [2.05, 4.69) is 40.0 Å². The third kappa shape index (κ3) is 5.11. The van der Waals surface area contributed by atoms with E-state index in [4.69, 9.17) is 0 Å². The molecule has 0 radical (unpaired) electrons. The Balaban J connectivity index is 1.43. The van der Waals surface area contributed by atoms with Gasteiger partial charge >= 0.3 is 0 Å². The quantitative estimate of drug-likeness (QED) is 0.845. The first-order valence-electron chi connectivity index (χ1n) is 7.93. The van der Waals surface area contributed by atoms with Gasteiger partial charge in [0, 0.05) is 49.5 Å². The highest BCUT2D eigenvalue weighted by molar-refractivity contribution is 7.99. The number of benzene rings is 1.